The van der Waals surface area contributed by atoms with Gasteiger partial charge in [0.25, 0.3) is 5.91 Å². The number of nitrogens with one attached hydrogen (secondary N) is 1. The molecule has 3 heterocycles. The minimum Gasteiger partial charge on any atom is -0.436 e. The molecule has 1 N–H and O–H groups in total. The molecule has 0 spiro atoms. The fourth-order valence-corrected chi connectivity index (χ4v) is 2.30. The number of anilines is 1. The molecule has 24 heavy (non-hydrogen) atoms. The quantitative estimate of drug-likeness (QED) is 0.625. The minimum absolute atomic E-state index is 0.205. The highest BCUT2D eigenvalue weighted by Crippen LogP contribution is 2.24. The second-order valence-electron chi connectivity index (χ2n) is 5.14. The largest absolute Gasteiger partial charge is 0.436 e. The molecule has 4 rings (SSSR count). The summed E-state index contributed by atoms with van der Waals surface area (Å²) in [5.41, 5.74) is 3.42. The zero-order valence-corrected chi connectivity index (χ0v) is 12.5. The van der Waals surface area contributed by atoms with Crippen LogP contribution in [0.1, 0.15) is 10.4 Å². The first-order chi connectivity index (χ1) is 11.8. The number of benzene rings is 1. The van der Waals surface area contributed by atoms with Crippen LogP contribution in [0.2, 0.25) is 0 Å². The molecule has 0 atom stereocenters. The van der Waals surface area contributed by atoms with Gasteiger partial charge in [-0.3, -0.25) is 14.8 Å². The standard InChI is InChI=1S/C18H12N4O2/c23-17(13-2-1-8-19-10-13)21-14-5-3-12(4-6-14)18-22-15-11-20-9-7-16(15)24-18/h1-11H,(H,21,23). The van der Waals surface area contributed by atoms with Gasteiger partial charge in [0.15, 0.2) is 5.58 Å². The molecule has 0 unspecified atom stereocenters. The highest BCUT2D eigenvalue weighted by molar-refractivity contribution is 6.04. The number of amides is 1. The highest BCUT2D eigenvalue weighted by Gasteiger charge is 2.09. The summed E-state index contributed by atoms with van der Waals surface area (Å²) in [5.74, 6) is 0.312. The molecule has 0 saturated carbocycles. The van der Waals surface area contributed by atoms with Gasteiger partial charge in [-0.1, -0.05) is 0 Å². The molecule has 0 radical (unpaired) electrons. The van der Waals surface area contributed by atoms with E-state index in [1.54, 1.807) is 48.9 Å². The Kier molecular flexibility index (Phi) is 3.47. The Morgan fingerprint density at radius 3 is 2.54 bits per heavy atom. The van der Waals surface area contributed by atoms with E-state index in [4.69, 9.17) is 4.42 Å². The third kappa shape index (κ3) is 2.72. The van der Waals surface area contributed by atoms with Gasteiger partial charge in [0.2, 0.25) is 5.89 Å². The number of hydrogen-bond acceptors (Lipinski definition) is 5. The van der Waals surface area contributed by atoms with E-state index in [0.717, 1.165) is 5.56 Å². The molecule has 0 saturated heterocycles. The first-order valence-electron chi connectivity index (χ1n) is 7.32. The summed E-state index contributed by atoms with van der Waals surface area (Å²) in [5, 5.41) is 2.82. The number of pyridine rings is 2. The van der Waals surface area contributed by atoms with Crippen molar-refractivity contribution >= 4 is 22.7 Å². The van der Waals surface area contributed by atoms with Crippen molar-refractivity contribution < 1.29 is 9.21 Å². The van der Waals surface area contributed by atoms with Gasteiger partial charge in [-0.05, 0) is 36.4 Å². The molecule has 1 amide bonds. The molecule has 116 valence electrons. The second kappa shape index (κ2) is 5.92. The average Bonchev–Trinajstić information content (AvgIpc) is 3.07. The molecule has 0 fully saturated rings. The van der Waals surface area contributed by atoms with E-state index in [1.807, 2.05) is 12.1 Å². The maximum absolute atomic E-state index is 12.1. The Balaban J connectivity index is 1.55. The van der Waals surface area contributed by atoms with E-state index in [2.05, 4.69) is 20.3 Å². The predicted molar refractivity (Wildman–Crippen MR) is 89.4 cm³/mol. The molecule has 6 heteroatoms. The van der Waals surface area contributed by atoms with Crippen LogP contribution in [0.25, 0.3) is 22.6 Å². The van der Waals surface area contributed by atoms with Crippen molar-refractivity contribution in [2.45, 2.75) is 0 Å². The van der Waals surface area contributed by atoms with Gasteiger partial charge in [0, 0.05) is 35.9 Å². The topological polar surface area (TPSA) is 80.9 Å². The predicted octanol–water partition coefficient (Wildman–Crippen LogP) is 3.54. The smallest absolute Gasteiger partial charge is 0.257 e. The first kappa shape index (κ1) is 14.1. The molecule has 0 aliphatic carbocycles. The van der Waals surface area contributed by atoms with Crippen molar-refractivity contribution in [1.82, 2.24) is 15.0 Å². The van der Waals surface area contributed by atoms with Crippen LogP contribution in [-0.2, 0) is 0 Å². The van der Waals surface area contributed by atoms with Crippen LogP contribution in [0.3, 0.4) is 0 Å². The SMILES string of the molecule is O=C(Nc1ccc(-c2nc3cnccc3o2)cc1)c1cccnc1. The Labute approximate surface area is 137 Å². The third-order valence-electron chi connectivity index (χ3n) is 3.50. The summed E-state index contributed by atoms with van der Waals surface area (Å²) >= 11 is 0. The Bertz CT molecular complexity index is 961. The van der Waals surface area contributed by atoms with Crippen molar-refractivity contribution in [2.75, 3.05) is 5.32 Å². The number of hydrogen-bond donors (Lipinski definition) is 1. The van der Waals surface area contributed by atoms with Gasteiger partial charge >= 0.3 is 0 Å². The van der Waals surface area contributed by atoms with E-state index in [0.29, 0.717) is 28.2 Å². The lowest BCUT2D eigenvalue weighted by Gasteiger charge is -2.05. The van der Waals surface area contributed by atoms with Crippen LogP contribution >= 0.6 is 0 Å². The summed E-state index contributed by atoms with van der Waals surface area (Å²) < 4.78 is 5.70. The lowest BCUT2D eigenvalue weighted by Crippen LogP contribution is -2.11. The van der Waals surface area contributed by atoms with Gasteiger partial charge in [-0.2, -0.15) is 0 Å². The zero-order chi connectivity index (χ0) is 16.4. The lowest BCUT2D eigenvalue weighted by molar-refractivity contribution is 0.102. The fraction of sp³-hybridized carbons (Fsp3) is 0. The molecule has 0 bridgehead atoms. The summed E-state index contributed by atoms with van der Waals surface area (Å²) in [6, 6.07) is 12.5. The lowest BCUT2D eigenvalue weighted by atomic mass is 10.2. The van der Waals surface area contributed by atoms with E-state index in [-0.39, 0.29) is 5.91 Å². The van der Waals surface area contributed by atoms with Crippen LogP contribution in [0.5, 0.6) is 0 Å². The molecule has 1 aromatic carbocycles. The monoisotopic (exact) mass is 316 g/mol. The number of rotatable bonds is 3. The van der Waals surface area contributed by atoms with Gasteiger partial charge in [-0.15, -0.1) is 0 Å². The summed E-state index contributed by atoms with van der Waals surface area (Å²) in [4.78, 5) is 24.4. The molecule has 0 aliphatic rings. The van der Waals surface area contributed by atoms with Crippen molar-refractivity contribution in [2.24, 2.45) is 0 Å². The number of aromatic nitrogens is 3. The maximum Gasteiger partial charge on any atom is 0.257 e. The summed E-state index contributed by atoms with van der Waals surface area (Å²) in [6.45, 7) is 0. The van der Waals surface area contributed by atoms with Gasteiger partial charge in [0.1, 0.15) is 5.52 Å². The number of carbonyl (C=O) groups excluding carboxylic acids is 1. The number of fused-ring (bicyclic) bond motifs is 1. The van der Waals surface area contributed by atoms with Gasteiger partial charge < -0.3 is 9.73 Å². The zero-order valence-electron chi connectivity index (χ0n) is 12.5. The molecular formula is C18H12N4O2. The van der Waals surface area contributed by atoms with Crippen LogP contribution in [0.4, 0.5) is 5.69 Å². The molecule has 0 aliphatic heterocycles. The normalized spacial score (nSPS) is 10.7. The Morgan fingerprint density at radius 2 is 1.79 bits per heavy atom. The van der Waals surface area contributed by atoms with Gasteiger partial charge in [0.05, 0.1) is 11.8 Å². The van der Waals surface area contributed by atoms with Crippen LogP contribution in [-0.4, -0.2) is 20.9 Å². The van der Waals surface area contributed by atoms with Crippen molar-refractivity contribution in [3.05, 3.63) is 72.8 Å². The average molecular weight is 316 g/mol. The van der Waals surface area contributed by atoms with E-state index in [9.17, 15) is 4.79 Å². The number of oxazole rings is 1. The van der Waals surface area contributed by atoms with Crippen LogP contribution < -0.4 is 5.32 Å². The molecular weight excluding hydrogens is 304 g/mol. The van der Waals surface area contributed by atoms with Crippen LogP contribution in [0, 0.1) is 0 Å². The first-order valence-corrected chi connectivity index (χ1v) is 7.32. The van der Waals surface area contributed by atoms with Crippen LogP contribution in [0.15, 0.2) is 71.7 Å². The number of carbonyl (C=O) groups is 1. The molecule has 3 aromatic heterocycles. The maximum atomic E-state index is 12.1. The Hall–Kier alpha value is -3.54. The van der Waals surface area contributed by atoms with E-state index >= 15 is 0 Å². The second-order valence-corrected chi connectivity index (χ2v) is 5.14. The van der Waals surface area contributed by atoms with E-state index in [1.165, 1.54) is 6.20 Å². The number of nitrogens with zero attached hydrogens (tertiary/aromatic N) is 3. The van der Waals surface area contributed by atoms with Crippen molar-refractivity contribution in [3.8, 4) is 11.5 Å². The molecule has 4 aromatic rings. The molecule has 6 nitrogen and oxygen atoms in total. The van der Waals surface area contributed by atoms with Crippen molar-refractivity contribution in [3.63, 3.8) is 0 Å². The third-order valence-corrected chi connectivity index (χ3v) is 3.50. The van der Waals surface area contributed by atoms with E-state index < -0.39 is 0 Å². The van der Waals surface area contributed by atoms with Crippen molar-refractivity contribution in [1.29, 1.82) is 0 Å². The Morgan fingerprint density at radius 1 is 0.958 bits per heavy atom. The highest BCUT2D eigenvalue weighted by atomic mass is 16.3. The summed E-state index contributed by atoms with van der Waals surface area (Å²) in [6.07, 6.45) is 6.47. The minimum atomic E-state index is -0.205. The fourth-order valence-electron chi connectivity index (χ4n) is 2.30. The van der Waals surface area contributed by atoms with Gasteiger partial charge in [-0.25, -0.2) is 4.98 Å². The summed E-state index contributed by atoms with van der Waals surface area (Å²) in [7, 11) is 0.